The number of carbonyl (C=O) groups excluding carboxylic acids is 4. The Morgan fingerprint density at radius 1 is 1.00 bits per heavy atom. The van der Waals surface area contributed by atoms with Crippen LogP contribution in [-0.2, 0) is 21.0 Å². The monoisotopic (exact) mass is 635 g/mol. The first kappa shape index (κ1) is 31.9. The third kappa shape index (κ3) is 7.57. The lowest BCUT2D eigenvalue weighted by Crippen LogP contribution is -2.53. The summed E-state index contributed by atoms with van der Waals surface area (Å²) in [7, 11) is 0. The quantitative estimate of drug-likeness (QED) is 0.277. The first-order valence-corrected chi connectivity index (χ1v) is 14.1. The highest BCUT2D eigenvalue weighted by molar-refractivity contribution is 5.96. The van der Waals surface area contributed by atoms with Crippen molar-refractivity contribution in [3.63, 3.8) is 0 Å². The number of alkyl halides is 3. The second-order valence-electron chi connectivity index (χ2n) is 10.8. The van der Waals surface area contributed by atoms with E-state index in [0.29, 0.717) is 5.75 Å². The molecule has 46 heavy (non-hydrogen) atoms. The van der Waals surface area contributed by atoms with Crippen molar-refractivity contribution in [2.45, 2.75) is 38.1 Å². The van der Waals surface area contributed by atoms with Crippen LogP contribution >= 0.6 is 0 Å². The molecule has 0 bridgehead atoms. The van der Waals surface area contributed by atoms with Gasteiger partial charge in [-0.1, -0.05) is 18.2 Å². The third-order valence-electron chi connectivity index (χ3n) is 7.36. The number of hydrogen-bond acceptors (Lipinski definition) is 8. The van der Waals surface area contributed by atoms with Gasteiger partial charge in [0.2, 0.25) is 0 Å². The van der Waals surface area contributed by atoms with E-state index in [2.05, 4.69) is 20.1 Å². The molecule has 0 spiro atoms. The minimum Gasteiger partial charge on any atom is -0.489 e. The van der Waals surface area contributed by atoms with E-state index in [1.165, 1.54) is 34.9 Å². The van der Waals surface area contributed by atoms with E-state index in [-0.39, 0.29) is 37.2 Å². The average molecular weight is 636 g/mol. The lowest BCUT2D eigenvalue weighted by atomic mass is 9.93. The van der Waals surface area contributed by atoms with Gasteiger partial charge < -0.3 is 19.8 Å². The number of fused-ring (bicyclic) bond motifs is 1. The number of aryl methyl sites for hydroxylation is 1. The van der Waals surface area contributed by atoms with Crippen molar-refractivity contribution in [1.29, 1.82) is 0 Å². The Hall–Kier alpha value is -5.53. The van der Waals surface area contributed by atoms with Gasteiger partial charge >= 0.3 is 12.1 Å². The summed E-state index contributed by atoms with van der Waals surface area (Å²) in [5.74, 6) is -4.22. The zero-order chi connectivity index (χ0) is 32.9. The number of aromatic nitrogens is 2. The molecule has 3 heterocycles. The molecule has 1 atom stereocenters. The number of nitrogens with one attached hydrogen (secondary N) is 2. The van der Waals surface area contributed by atoms with Crippen LogP contribution in [0.25, 0.3) is 10.9 Å². The number of pyridine rings is 2. The number of amides is 3. The molecular formula is C32H28F3N5O6. The summed E-state index contributed by atoms with van der Waals surface area (Å²) < 4.78 is 43.6. The van der Waals surface area contributed by atoms with Gasteiger partial charge in [0, 0.05) is 47.7 Å². The van der Waals surface area contributed by atoms with Crippen molar-refractivity contribution in [3.8, 4) is 5.75 Å². The maximum atomic E-state index is 13.4. The Kier molecular flexibility index (Phi) is 9.16. The lowest BCUT2D eigenvalue weighted by molar-refractivity contribution is -0.207. The summed E-state index contributed by atoms with van der Waals surface area (Å²) in [5, 5.41) is 3.74. The van der Waals surface area contributed by atoms with Crippen molar-refractivity contribution in [3.05, 3.63) is 102 Å². The van der Waals surface area contributed by atoms with Crippen LogP contribution in [0.4, 0.5) is 13.2 Å². The zero-order valence-corrected chi connectivity index (χ0v) is 24.5. The highest BCUT2D eigenvalue weighted by Gasteiger charge is 2.45. The molecule has 14 heteroatoms. The minimum absolute atomic E-state index is 0.0892. The molecule has 1 saturated heterocycles. The summed E-state index contributed by atoms with van der Waals surface area (Å²) in [6.07, 6.45) is -2.95. The molecule has 11 nitrogen and oxygen atoms in total. The lowest BCUT2D eigenvalue weighted by Gasteiger charge is -2.30. The Labute approximate surface area is 260 Å². The Morgan fingerprint density at radius 2 is 1.76 bits per heavy atom. The SMILES string of the molecule is Cc1cc(COc2ccc(C(=O)NC3(CC(=O)NOC(=O)C(F)(F)F)CCN(C(=O)c4cccnc4)C3)cc2)c2ccccc2n1. The number of benzene rings is 2. The van der Waals surface area contributed by atoms with E-state index >= 15 is 0 Å². The van der Waals surface area contributed by atoms with Crippen LogP contribution in [0.5, 0.6) is 5.75 Å². The van der Waals surface area contributed by atoms with Crippen LogP contribution in [0.15, 0.2) is 79.1 Å². The van der Waals surface area contributed by atoms with E-state index in [1.54, 1.807) is 24.3 Å². The molecule has 4 aromatic rings. The fourth-order valence-electron chi connectivity index (χ4n) is 5.20. The van der Waals surface area contributed by atoms with Crippen LogP contribution in [0, 0.1) is 6.92 Å². The number of hydrogen-bond donors (Lipinski definition) is 2. The molecule has 0 radical (unpaired) electrons. The molecular weight excluding hydrogens is 607 g/mol. The number of carbonyl (C=O) groups is 4. The van der Waals surface area contributed by atoms with Gasteiger partial charge in [0.15, 0.2) is 0 Å². The molecule has 0 aliphatic carbocycles. The van der Waals surface area contributed by atoms with Crippen molar-refractivity contribution in [2.75, 3.05) is 13.1 Å². The highest BCUT2D eigenvalue weighted by Crippen LogP contribution is 2.28. The summed E-state index contributed by atoms with van der Waals surface area (Å²) >= 11 is 0. The standard InChI is InChI=1S/C32H28F3N5O6/c1-20-15-23(25-6-2-3-7-26(25)37-20)18-45-24-10-8-21(9-11-24)28(42)38-31(16-27(41)39-46-30(44)32(33,34)35)12-14-40(19-31)29(43)22-5-4-13-36-17-22/h2-11,13,15,17H,12,14,16,18-19H2,1H3,(H,38,42)(H,39,41). The smallest absolute Gasteiger partial charge is 0.489 e. The molecule has 238 valence electrons. The molecule has 1 fully saturated rings. The second kappa shape index (κ2) is 13.2. The van der Waals surface area contributed by atoms with E-state index < -0.39 is 41.8 Å². The first-order valence-electron chi connectivity index (χ1n) is 14.1. The molecule has 1 aliphatic rings. The van der Waals surface area contributed by atoms with Gasteiger partial charge in [0.25, 0.3) is 17.7 Å². The molecule has 2 aromatic heterocycles. The average Bonchev–Trinajstić information content (AvgIpc) is 3.45. The molecule has 2 N–H and O–H groups in total. The van der Waals surface area contributed by atoms with Gasteiger partial charge in [-0.3, -0.25) is 24.4 Å². The number of nitrogens with zero attached hydrogens (tertiary/aromatic N) is 3. The van der Waals surface area contributed by atoms with E-state index in [9.17, 15) is 32.3 Å². The van der Waals surface area contributed by atoms with E-state index in [1.807, 2.05) is 37.3 Å². The van der Waals surface area contributed by atoms with Gasteiger partial charge in [-0.25, -0.2) is 4.79 Å². The maximum Gasteiger partial charge on any atom is 0.493 e. The van der Waals surface area contributed by atoms with Crippen LogP contribution in [0.3, 0.4) is 0 Å². The zero-order valence-electron chi connectivity index (χ0n) is 24.5. The number of para-hydroxylation sites is 1. The summed E-state index contributed by atoms with van der Waals surface area (Å²) in [6, 6.07) is 19.0. The van der Waals surface area contributed by atoms with Crippen molar-refractivity contribution in [2.24, 2.45) is 0 Å². The third-order valence-corrected chi connectivity index (χ3v) is 7.36. The van der Waals surface area contributed by atoms with Crippen LogP contribution < -0.4 is 15.5 Å². The van der Waals surface area contributed by atoms with E-state index in [0.717, 1.165) is 22.2 Å². The van der Waals surface area contributed by atoms with Crippen molar-refractivity contribution < 1.29 is 41.9 Å². The predicted octanol–water partition coefficient (Wildman–Crippen LogP) is 4.06. The molecule has 3 amide bonds. The summed E-state index contributed by atoms with van der Waals surface area (Å²) in [4.78, 5) is 63.8. The minimum atomic E-state index is -5.32. The Balaban J connectivity index is 1.28. The second-order valence-corrected chi connectivity index (χ2v) is 10.8. The van der Waals surface area contributed by atoms with Gasteiger partial charge in [-0.2, -0.15) is 18.7 Å². The number of likely N-dealkylation sites (tertiary alicyclic amines) is 1. The van der Waals surface area contributed by atoms with Gasteiger partial charge in [0.1, 0.15) is 12.4 Å². The van der Waals surface area contributed by atoms with Gasteiger partial charge in [-0.15, -0.1) is 0 Å². The maximum absolute atomic E-state index is 13.4. The van der Waals surface area contributed by atoms with Crippen molar-refractivity contribution >= 4 is 34.6 Å². The van der Waals surface area contributed by atoms with Crippen LogP contribution in [0.1, 0.15) is 44.8 Å². The Bertz CT molecular complexity index is 1770. The molecule has 0 saturated carbocycles. The molecule has 1 unspecified atom stereocenters. The topological polar surface area (TPSA) is 140 Å². The first-order chi connectivity index (χ1) is 21.9. The summed E-state index contributed by atoms with van der Waals surface area (Å²) in [6.45, 7) is 2.13. The van der Waals surface area contributed by atoms with Gasteiger partial charge in [0.05, 0.1) is 23.0 Å². The predicted molar refractivity (Wildman–Crippen MR) is 157 cm³/mol. The number of ether oxygens (including phenoxy) is 1. The van der Waals surface area contributed by atoms with Crippen molar-refractivity contribution in [1.82, 2.24) is 25.7 Å². The van der Waals surface area contributed by atoms with Crippen LogP contribution in [0.2, 0.25) is 0 Å². The number of hydroxylamine groups is 1. The van der Waals surface area contributed by atoms with Crippen LogP contribution in [-0.4, -0.2) is 63.4 Å². The molecule has 1 aliphatic heterocycles. The van der Waals surface area contributed by atoms with Gasteiger partial charge in [-0.05, 0) is 61.9 Å². The molecule has 5 rings (SSSR count). The molecule has 2 aromatic carbocycles. The number of rotatable bonds is 8. The fourth-order valence-corrected chi connectivity index (χ4v) is 5.20. The van der Waals surface area contributed by atoms with E-state index in [4.69, 9.17) is 4.74 Å². The summed E-state index contributed by atoms with van der Waals surface area (Å²) in [5.41, 5.74) is 3.22. The highest BCUT2D eigenvalue weighted by atomic mass is 19.4. The normalized spacial score (nSPS) is 16.1. The largest absolute Gasteiger partial charge is 0.493 e. The number of halogens is 3. The Morgan fingerprint density at radius 3 is 2.48 bits per heavy atom. The fraction of sp³-hybridized carbons (Fsp3) is 0.250.